The molecule has 0 amide bonds. The molecule has 2 rings (SSSR count). The van der Waals surface area contributed by atoms with E-state index in [0.717, 1.165) is 24.8 Å². The highest BCUT2D eigenvalue weighted by Gasteiger charge is 2.43. The second kappa shape index (κ2) is 5.09. The van der Waals surface area contributed by atoms with Crippen LogP contribution in [0.3, 0.4) is 0 Å². The summed E-state index contributed by atoms with van der Waals surface area (Å²) in [5.41, 5.74) is 1.80. The lowest BCUT2D eigenvalue weighted by molar-refractivity contribution is 0.413. The van der Waals surface area contributed by atoms with Crippen LogP contribution in [0.1, 0.15) is 32.3 Å². The number of rotatable bonds is 6. The van der Waals surface area contributed by atoms with Crippen molar-refractivity contribution in [1.29, 1.82) is 0 Å². The zero-order valence-corrected chi connectivity index (χ0v) is 11.1. The SMILES string of the molecule is COc1cccc(C2(CNCC(C)C)CC2)c1. The molecule has 1 aliphatic carbocycles. The smallest absolute Gasteiger partial charge is 0.119 e. The van der Waals surface area contributed by atoms with Crippen molar-refractivity contribution in [3.8, 4) is 5.75 Å². The van der Waals surface area contributed by atoms with Gasteiger partial charge in [0.2, 0.25) is 0 Å². The molecule has 1 aromatic carbocycles. The molecule has 0 aromatic heterocycles. The molecule has 0 spiro atoms. The molecule has 1 saturated carbocycles. The van der Waals surface area contributed by atoms with E-state index in [1.54, 1.807) is 7.11 Å². The third-order valence-electron chi connectivity index (χ3n) is 3.55. The predicted molar refractivity (Wildman–Crippen MR) is 71.6 cm³/mol. The minimum Gasteiger partial charge on any atom is -0.497 e. The molecule has 0 aliphatic heterocycles. The fourth-order valence-corrected chi connectivity index (χ4v) is 2.27. The van der Waals surface area contributed by atoms with Crippen molar-refractivity contribution in [3.63, 3.8) is 0 Å². The van der Waals surface area contributed by atoms with Gasteiger partial charge < -0.3 is 10.1 Å². The van der Waals surface area contributed by atoms with Crippen LogP contribution < -0.4 is 10.1 Å². The molecule has 1 N–H and O–H groups in total. The first-order valence-corrected chi connectivity index (χ1v) is 6.51. The third kappa shape index (κ3) is 3.01. The van der Waals surface area contributed by atoms with Crippen LogP contribution in [0.4, 0.5) is 0 Å². The molecular weight excluding hydrogens is 210 g/mol. The maximum Gasteiger partial charge on any atom is 0.119 e. The van der Waals surface area contributed by atoms with Gasteiger partial charge in [0, 0.05) is 12.0 Å². The van der Waals surface area contributed by atoms with Crippen molar-refractivity contribution in [2.24, 2.45) is 5.92 Å². The van der Waals surface area contributed by atoms with E-state index >= 15 is 0 Å². The van der Waals surface area contributed by atoms with Gasteiger partial charge in [0.05, 0.1) is 7.11 Å². The molecule has 0 heterocycles. The van der Waals surface area contributed by atoms with Crippen LogP contribution in [-0.2, 0) is 5.41 Å². The van der Waals surface area contributed by atoms with Crippen LogP contribution in [0.5, 0.6) is 5.75 Å². The van der Waals surface area contributed by atoms with Crippen molar-refractivity contribution in [3.05, 3.63) is 29.8 Å². The minimum atomic E-state index is 0.378. The summed E-state index contributed by atoms with van der Waals surface area (Å²) in [5.74, 6) is 1.69. The highest BCUT2D eigenvalue weighted by Crippen LogP contribution is 2.48. The summed E-state index contributed by atoms with van der Waals surface area (Å²) < 4.78 is 5.30. The Kier molecular flexibility index (Phi) is 3.72. The molecule has 0 unspecified atom stereocenters. The summed E-state index contributed by atoms with van der Waals surface area (Å²) in [4.78, 5) is 0. The van der Waals surface area contributed by atoms with Gasteiger partial charge in [-0.15, -0.1) is 0 Å². The number of benzene rings is 1. The van der Waals surface area contributed by atoms with Crippen molar-refractivity contribution in [2.45, 2.75) is 32.1 Å². The first-order chi connectivity index (χ1) is 8.16. The molecule has 17 heavy (non-hydrogen) atoms. The first-order valence-electron chi connectivity index (χ1n) is 6.51. The number of hydrogen-bond donors (Lipinski definition) is 1. The standard InChI is InChI=1S/C15H23NO/c1-12(2)10-16-11-15(7-8-15)13-5-4-6-14(9-13)17-3/h4-6,9,12,16H,7-8,10-11H2,1-3H3. The van der Waals surface area contributed by atoms with E-state index in [9.17, 15) is 0 Å². The lowest BCUT2D eigenvalue weighted by Gasteiger charge is -2.18. The molecule has 94 valence electrons. The summed E-state index contributed by atoms with van der Waals surface area (Å²) in [5, 5.41) is 3.58. The fourth-order valence-electron chi connectivity index (χ4n) is 2.27. The fraction of sp³-hybridized carbons (Fsp3) is 0.600. The Balaban J connectivity index is 1.99. The van der Waals surface area contributed by atoms with Crippen LogP contribution in [0.2, 0.25) is 0 Å². The second-order valence-electron chi connectivity index (χ2n) is 5.54. The molecule has 1 fully saturated rings. The average molecular weight is 233 g/mol. The van der Waals surface area contributed by atoms with E-state index in [0.29, 0.717) is 5.41 Å². The van der Waals surface area contributed by atoms with Gasteiger partial charge in [-0.3, -0.25) is 0 Å². The normalized spacial score (nSPS) is 17.2. The van der Waals surface area contributed by atoms with E-state index in [-0.39, 0.29) is 0 Å². The number of methoxy groups -OCH3 is 1. The zero-order valence-electron chi connectivity index (χ0n) is 11.1. The zero-order chi connectivity index (χ0) is 12.3. The van der Waals surface area contributed by atoms with Gasteiger partial charge in [0.1, 0.15) is 5.75 Å². The van der Waals surface area contributed by atoms with Crippen LogP contribution in [0.25, 0.3) is 0 Å². The molecule has 0 atom stereocenters. The largest absolute Gasteiger partial charge is 0.497 e. The van der Waals surface area contributed by atoms with E-state index < -0.39 is 0 Å². The topological polar surface area (TPSA) is 21.3 Å². The van der Waals surface area contributed by atoms with E-state index in [1.165, 1.54) is 18.4 Å². The molecule has 0 bridgehead atoms. The molecule has 1 aliphatic rings. The Hall–Kier alpha value is -1.02. The van der Waals surface area contributed by atoms with Gasteiger partial charge in [-0.1, -0.05) is 26.0 Å². The second-order valence-corrected chi connectivity index (χ2v) is 5.54. The van der Waals surface area contributed by atoms with E-state index in [4.69, 9.17) is 4.74 Å². The van der Waals surface area contributed by atoms with Crippen LogP contribution >= 0.6 is 0 Å². The summed E-state index contributed by atoms with van der Waals surface area (Å²) in [6.07, 6.45) is 2.59. The maximum absolute atomic E-state index is 5.30. The highest BCUT2D eigenvalue weighted by atomic mass is 16.5. The Labute approximate surface area is 104 Å². The Morgan fingerprint density at radius 2 is 2.12 bits per heavy atom. The molecular formula is C15H23NO. The quantitative estimate of drug-likeness (QED) is 0.815. The van der Waals surface area contributed by atoms with Crippen molar-refractivity contribution < 1.29 is 4.74 Å². The Bertz CT molecular complexity index is 369. The van der Waals surface area contributed by atoms with Gasteiger partial charge in [-0.25, -0.2) is 0 Å². The van der Waals surface area contributed by atoms with Gasteiger partial charge in [0.15, 0.2) is 0 Å². The summed E-state index contributed by atoms with van der Waals surface area (Å²) >= 11 is 0. The third-order valence-corrected chi connectivity index (χ3v) is 3.55. The number of hydrogen-bond acceptors (Lipinski definition) is 2. The summed E-state index contributed by atoms with van der Waals surface area (Å²) in [6, 6.07) is 8.52. The van der Waals surface area contributed by atoms with Crippen LogP contribution in [0.15, 0.2) is 24.3 Å². The lowest BCUT2D eigenvalue weighted by atomic mass is 9.95. The van der Waals surface area contributed by atoms with Crippen LogP contribution in [0, 0.1) is 5.92 Å². The van der Waals surface area contributed by atoms with Crippen LogP contribution in [-0.4, -0.2) is 20.2 Å². The van der Waals surface area contributed by atoms with Gasteiger partial charge in [-0.2, -0.15) is 0 Å². The number of nitrogens with one attached hydrogen (secondary N) is 1. The molecule has 1 aromatic rings. The Morgan fingerprint density at radius 1 is 1.35 bits per heavy atom. The Morgan fingerprint density at radius 3 is 2.71 bits per heavy atom. The van der Waals surface area contributed by atoms with Gasteiger partial charge in [0.25, 0.3) is 0 Å². The van der Waals surface area contributed by atoms with Crippen molar-refractivity contribution in [2.75, 3.05) is 20.2 Å². The molecule has 2 heteroatoms. The monoisotopic (exact) mass is 233 g/mol. The predicted octanol–water partition coefficient (Wildman–Crippen LogP) is 2.97. The lowest BCUT2D eigenvalue weighted by Crippen LogP contribution is -2.29. The minimum absolute atomic E-state index is 0.378. The average Bonchev–Trinajstić information content (AvgIpc) is 3.10. The summed E-state index contributed by atoms with van der Waals surface area (Å²) in [6.45, 7) is 6.69. The molecule has 2 nitrogen and oxygen atoms in total. The van der Waals surface area contributed by atoms with Crippen molar-refractivity contribution in [1.82, 2.24) is 5.32 Å². The molecule has 0 saturated heterocycles. The molecule has 0 radical (unpaired) electrons. The van der Waals surface area contributed by atoms with Crippen molar-refractivity contribution >= 4 is 0 Å². The number of ether oxygens (including phenoxy) is 1. The highest BCUT2D eigenvalue weighted by molar-refractivity contribution is 5.37. The van der Waals surface area contributed by atoms with Gasteiger partial charge >= 0.3 is 0 Å². The van der Waals surface area contributed by atoms with Gasteiger partial charge in [-0.05, 0) is 43.0 Å². The van der Waals surface area contributed by atoms with E-state index in [1.807, 2.05) is 6.07 Å². The van der Waals surface area contributed by atoms with E-state index in [2.05, 4.69) is 37.4 Å². The maximum atomic E-state index is 5.30. The first kappa shape index (κ1) is 12.4. The summed E-state index contributed by atoms with van der Waals surface area (Å²) in [7, 11) is 1.73.